The van der Waals surface area contributed by atoms with Crippen molar-refractivity contribution in [3.8, 4) is 29.2 Å². The lowest BCUT2D eigenvalue weighted by Gasteiger charge is -2.34. The molecule has 1 aliphatic heterocycles. The first-order valence-electron chi connectivity index (χ1n) is 18.8. The number of piperazine rings is 1. The van der Waals surface area contributed by atoms with Gasteiger partial charge in [-0.2, -0.15) is 5.26 Å². The monoisotopic (exact) mass is 754 g/mol. The zero-order chi connectivity index (χ0) is 38.6. The second kappa shape index (κ2) is 19.1. The van der Waals surface area contributed by atoms with Crippen LogP contribution in [0.1, 0.15) is 65.1 Å². The minimum absolute atomic E-state index is 0.0136. The smallest absolute Gasteiger partial charge is 0.246 e. The van der Waals surface area contributed by atoms with Gasteiger partial charge >= 0.3 is 0 Å². The van der Waals surface area contributed by atoms with Gasteiger partial charge in [0.05, 0.1) is 29.5 Å². The maximum Gasteiger partial charge on any atom is 0.246 e. The standard InChI is InChI=1S/C46H47ClN4O4/c1-33(2)40-15-17-41(18-16-40)53-26-4-5-35-6-10-37(11-7-35)31-50-22-24-51(25-23-50)45(52)21-14-39-27-34(3)46(43(47)28-39)55-44-20-19-42(30-49-44)54-32-38-12-8-36(29-48)9-13-38/h6-21,27-28,30,33H,4-5,22-26,31-32H2,1-3H3/b21-14+. The fourth-order valence-electron chi connectivity index (χ4n) is 6.33. The number of nitrogens with zero attached hydrogens (tertiary/aromatic N) is 4. The van der Waals surface area contributed by atoms with E-state index < -0.39 is 0 Å². The summed E-state index contributed by atoms with van der Waals surface area (Å²) < 4.78 is 17.8. The largest absolute Gasteiger partial charge is 0.494 e. The highest BCUT2D eigenvalue weighted by Gasteiger charge is 2.20. The molecule has 8 nitrogen and oxygen atoms in total. The molecule has 0 radical (unpaired) electrons. The Bertz CT molecular complexity index is 2060. The highest BCUT2D eigenvalue weighted by Crippen LogP contribution is 2.34. The van der Waals surface area contributed by atoms with E-state index in [9.17, 15) is 4.79 Å². The van der Waals surface area contributed by atoms with Crippen LogP contribution >= 0.6 is 11.6 Å². The predicted octanol–water partition coefficient (Wildman–Crippen LogP) is 9.78. The summed E-state index contributed by atoms with van der Waals surface area (Å²) in [6, 6.07) is 33.8. The van der Waals surface area contributed by atoms with Crippen LogP contribution in [0, 0.1) is 18.3 Å². The quantitative estimate of drug-likeness (QED) is 0.0777. The fourth-order valence-corrected chi connectivity index (χ4v) is 6.64. The molecule has 4 aromatic carbocycles. The van der Waals surface area contributed by atoms with Gasteiger partial charge in [0.25, 0.3) is 0 Å². The van der Waals surface area contributed by atoms with Crippen molar-refractivity contribution in [1.82, 2.24) is 14.8 Å². The Morgan fingerprint density at radius 2 is 1.56 bits per heavy atom. The molecule has 1 amide bonds. The van der Waals surface area contributed by atoms with Gasteiger partial charge in [-0.1, -0.05) is 74.0 Å². The minimum atomic E-state index is -0.0136. The molecule has 2 heterocycles. The number of hydrogen-bond donors (Lipinski definition) is 0. The van der Waals surface area contributed by atoms with Crippen LogP contribution in [0.3, 0.4) is 0 Å². The maximum absolute atomic E-state index is 13.1. The number of carbonyl (C=O) groups excluding carboxylic acids is 1. The van der Waals surface area contributed by atoms with E-state index >= 15 is 0 Å². The number of nitriles is 1. The number of aromatic nitrogens is 1. The molecule has 0 spiro atoms. The zero-order valence-electron chi connectivity index (χ0n) is 31.7. The Morgan fingerprint density at radius 1 is 0.873 bits per heavy atom. The molecule has 1 aromatic heterocycles. The molecular weight excluding hydrogens is 708 g/mol. The number of pyridine rings is 1. The van der Waals surface area contributed by atoms with E-state index in [1.165, 1.54) is 16.7 Å². The van der Waals surface area contributed by atoms with Gasteiger partial charge in [0.2, 0.25) is 11.8 Å². The third-order valence-electron chi connectivity index (χ3n) is 9.61. The average Bonchev–Trinajstić information content (AvgIpc) is 3.21. The summed E-state index contributed by atoms with van der Waals surface area (Å²) in [5.41, 5.74) is 7.11. The fraction of sp³-hybridized carbons (Fsp3) is 0.283. The first-order chi connectivity index (χ1) is 26.7. The summed E-state index contributed by atoms with van der Waals surface area (Å²) in [5.74, 6) is 2.91. The number of carbonyl (C=O) groups is 1. The van der Waals surface area contributed by atoms with Crippen LogP contribution in [0.4, 0.5) is 0 Å². The number of rotatable bonds is 15. The Morgan fingerprint density at radius 3 is 2.22 bits per heavy atom. The Labute approximate surface area is 329 Å². The van der Waals surface area contributed by atoms with Crippen molar-refractivity contribution in [1.29, 1.82) is 5.26 Å². The lowest BCUT2D eigenvalue weighted by atomic mass is 10.0. The van der Waals surface area contributed by atoms with Gasteiger partial charge in [0, 0.05) is 44.9 Å². The van der Waals surface area contributed by atoms with Crippen molar-refractivity contribution >= 4 is 23.6 Å². The summed E-state index contributed by atoms with van der Waals surface area (Å²) in [4.78, 5) is 21.7. The van der Waals surface area contributed by atoms with E-state index in [1.807, 2.05) is 30.0 Å². The first kappa shape index (κ1) is 39.1. The van der Waals surface area contributed by atoms with Gasteiger partial charge in [-0.3, -0.25) is 9.69 Å². The Balaban J connectivity index is 0.907. The number of ether oxygens (including phenoxy) is 3. The topological polar surface area (TPSA) is 87.9 Å². The molecule has 5 aromatic rings. The Kier molecular flexibility index (Phi) is 13.6. The molecule has 1 fully saturated rings. The third kappa shape index (κ3) is 11.4. The molecule has 0 atom stereocenters. The molecule has 9 heteroatoms. The van der Waals surface area contributed by atoms with Crippen molar-refractivity contribution in [2.45, 2.75) is 52.7 Å². The van der Waals surface area contributed by atoms with E-state index in [0.29, 0.717) is 60.2 Å². The first-order valence-corrected chi connectivity index (χ1v) is 19.2. The van der Waals surface area contributed by atoms with Gasteiger partial charge in [0.1, 0.15) is 18.1 Å². The molecule has 0 bridgehead atoms. The van der Waals surface area contributed by atoms with Crippen LogP contribution < -0.4 is 14.2 Å². The van der Waals surface area contributed by atoms with Crippen LogP contribution in [0.5, 0.6) is 23.1 Å². The number of aryl methyl sites for hydroxylation is 2. The van der Waals surface area contributed by atoms with Crippen LogP contribution in [0.15, 0.2) is 109 Å². The van der Waals surface area contributed by atoms with Crippen LogP contribution in [0.2, 0.25) is 5.02 Å². The van der Waals surface area contributed by atoms with Gasteiger partial charge < -0.3 is 19.1 Å². The number of benzene rings is 4. The van der Waals surface area contributed by atoms with Gasteiger partial charge in [-0.15, -0.1) is 0 Å². The molecule has 1 aliphatic rings. The number of hydrogen-bond acceptors (Lipinski definition) is 7. The molecule has 282 valence electrons. The van der Waals surface area contributed by atoms with E-state index in [0.717, 1.165) is 54.9 Å². The molecule has 0 saturated carbocycles. The maximum atomic E-state index is 13.1. The van der Waals surface area contributed by atoms with E-state index in [1.54, 1.807) is 48.7 Å². The van der Waals surface area contributed by atoms with E-state index in [2.05, 4.69) is 78.3 Å². The summed E-state index contributed by atoms with van der Waals surface area (Å²) in [5, 5.41) is 9.39. The SMILES string of the molecule is Cc1cc(/C=C/C(=O)N2CCN(Cc3ccc(CCCOc4ccc(C(C)C)cc4)cc3)CC2)cc(Cl)c1Oc1ccc(OCc2ccc(C#N)cc2)cn1. The molecule has 0 N–H and O–H groups in total. The number of halogens is 1. The van der Waals surface area contributed by atoms with Crippen molar-refractivity contribution in [2.24, 2.45) is 0 Å². The summed E-state index contributed by atoms with van der Waals surface area (Å²) >= 11 is 6.63. The lowest BCUT2D eigenvalue weighted by Crippen LogP contribution is -2.47. The van der Waals surface area contributed by atoms with Gasteiger partial charge in [-0.05, 0) is 108 Å². The molecule has 0 aliphatic carbocycles. The van der Waals surface area contributed by atoms with Crippen LogP contribution in [0.25, 0.3) is 6.08 Å². The van der Waals surface area contributed by atoms with Crippen molar-refractivity contribution in [2.75, 3.05) is 32.8 Å². The van der Waals surface area contributed by atoms with Crippen molar-refractivity contribution < 1.29 is 19.0 Å². The molecule has 55 heavy (non-hydrogen) atoms. The van der Waals surface area contributed by atoms with Crippen LogP contribution in [-0.2, 0) is 24.4 Å². The highest BCUT2D eigenvalue weighted by molar-refractivity contribution is 6.32. The van der Waals surface area contributed by atoms with E-state index in [4.69, 9.17) is 31.1 Å². The molecule has 1 saturated heterocycles. The second-order valence-electron chi connectivity index (χ2n) is 14.1. The molecule has 6 rings (SSSR count). The lowest BCUT2D eigenvalue weighted by molar-refractivity contribution is -0.127. The van der Waals surface area contributed by atoms with Gasteiger partial charge in [0.15, 0.2) is 5.75 Å². The third-order valence-corrected chi connectivity index (χ3v) is 9.89. The summed E-state index contributed by atoms with van der Waals surface area (Å²) in [6.07, 6.45) is 6.96. The van der Waals surface area contributed by atoms with E-state index in [-0.39, 0.29) is 5.91 Å². The normalized spacial score (nSPS) is 13.2. The highest BCUT2D eigenvalue weighted by atomic mass is 35.5. The predicted molar refractivity (Wildman–Crippen MR) is 218 cm³/mol. The molecule has 0 unspecified atom stereocenters. The summed E-state index contributed by atoms with van der Waals surface area (Å²) in [6.45, 7) is 11.2. The second-order valence-corrected chi connectivity index (χ2v) is 14.5. The van der Waals surface area contributed by atoms with Crippen LogP contribution in [-0.4, -0.2) is 53.5 Å². The minimum Gasteiger partial charge on any atom is -0.494 e. The van der Waals surface area contributed by atoms with Crippen molar-refractivity contribution in [3.05, 3.63) is 153 Å². The molecular formula is C46H47ClN4O4. The average molecular weight is 755 g/mol. The van der Waals surface area contributed by atoms with Gasteiger partial charge in [-0.25, -0.2) is 4.98 Å². The zero-order valence-corrected chi connectivity index (χ0v) is 32.5. The Hall–Kier alpha value is -5.62. The summed E-state index contributed by atoms with van der Waals surface area (Å²) in [7, 11) is 0. The van der Waals surface area contributed by atoms with Crippen molar-refractivity contribution in [3.63, 3.8) is 0 Å². The number of amides is 1.